The Labute approximate surface area is 102 Å². The first-order valence-corrected chi connectivity index (χ1v) is 5.80. The van der Waals surface area contributed by atoms with Gasteiger partial charge < -0.3 is 14.6 Å². The van der Waals surface area contributed by atoms with Crippen molar-refractivity contribution in [1.29, 1.82) is 0 Å². The van der Waals surface area contributed by atoms with Crippen LogP contribution in [0.25, 0.3) is 0 Å². The summed E-state index contributed by atoms with van der Waals surface area (Å²) in [5, 5.41) is 17.8. The summed E-state index contributed by atoms with van der Waals surface area (Å²) in [6.07, 6.45) is 1.79. The molecule has 17 heavy (non-hydrogen) atoms. The molecule has 0 aliphatic rings. The summed E-state index contributed by atoms with van der Waals surface area (Å²) in [6, 6.07) is 3.33. The summed E-state index contributed by atoms with van der Waals surface area (Å²) in [5.41, 5.74) is 0.941. The van der Waals surface area contributed by atoms with Crippen molar-refractivity contribution < 1.29 is 10.0 Å². The highest BCUT2D eigenvalue weighted by molar-refractivity contribution is 6.45. The average molecular weight is 237 g/mol. The van der Waals surface area contributed by atoms with Gasteiger partial charge in [0.2, 0.25) is 0 Å². The molecule has 0 radical (unpaired) electrons. The van der Waals surface area contributed by atoms with Crippen LogP contribution in [0.3, 0.4) is 0 Å². The second-order valence-electron chi connectivity index (χ2n) is 5.45. The Balaban J connectivity index is 3.06. The number of aromatic nitrogens is 1. The summed E-state index contributed by atoms with van der Waals surface area (Å²) in [6.45, 7) is 7.81. The third-order valence-electron chi connectivity index (χ3n) is 2.95. The van der Waals surface area contributed by atoms with Gasteiger partial charge in [-0.05, 0) is 11.5 Å². The lowest BCUT2D eigenvalue weighted by Gasteiger charge is -2.24. The van der Waals surface area contributed by atoms with Gasteiger partial charge >= 0.3 is 7.12 Å². The number of nitrogens with zero attached hydrogens (tertiary/aromatic N) is 1. The van der Waals surface area contributed by atoms with Crippen molar-refractivity contribution in [2.24, 2.45) is 0 Å². The van der Waals surface area contributed by atoms with Crippen LogP contribution in [0.1, 0.15) is 39.2 Å². The first-order valence-electron chi connectivity index (χ1n) is 5.80. The van der Waals surface area contributed by atoms with Crippen LogP contribution in [-0.2, 0) is 6.54 Å². The maximum atomic E-state index is 11.7. The molecule has 1 rings (SSSR count). The highest BCUT2D eigenvalue weighted by Crippen LogP contribution is 2.27. The molecule has 94 valence electrons. The molecule has 0 aliphatic carbocycles. The molecule has 1 aromatic rings. The Hall–Kier alpha value is -1.07. The van der Waals surface area contributed by atoms with Crippen LogP contribution in [0.4, 0.5) is 0 Å². The largest absolute Gasteiger partial charge is 0.459 e. The van der Waals surface area contributed by atoms with Crippen LogP contribution in [0.15, 0.2) is 23.1 Å². The van der Waals surface area contributed by atoms with Gasteiger partial charge in [0.1, 0.15) is 0 Å². The average Bonchev–Trinajstić information content (AvgIpc) is 2.20. The van der Waals surface area contributed by atoms with E-state index in [1.54, 1.807) is 20.0 Å². The zero-order valence-corrected chi connectivity index (χ0v) is 10.8. The number of rotatable bonds is 4. The van der Waals surface area contributed by atoms with E-state index < -0.39 is 12.4 Å². The predicted molar refractivity (Wildman–Crippen MR) is 69.0 cm³/mol. The van der Waals surface area contributed by atoms with Crippen molar-refractivity contribution in [3.05, 3.63) is 34.2 Å². The maximum absolute atomic E-state index is 11.7. The van der Waals surface area contributed by atoms with Gasteiger partial charge in [0, 0.05) is 24.1 Å². The molecular formula is C12H20BNO3. The van der Waals surface area contributed by atoms with Crippen LogP contribution in [0.2, 0.25) is 5.31 Å². The first-order chi connectivity index (χ1) is 7.74. The molecular weight excluding hydrogens is 217 g/mol. The third-order valence-corrected chi connectivity index (χ3v) is 2.95. The number of hydrogen-bond acceptors (Lipinski definition) is 3. The molecule has 4 nitrogen and oxygen atoms in total. The standard InChI is InChI=1S/C12H20BNO3/c1-9(2)10-5-6-11(15)14(7-10)8-12(3,4)13(16)17/h5-7,9,16-17H,8H2,1-4H3. The van der Waals surface area contributed by atoms with Crippen molar-refractivity contribution in [2.75, 3.05) is 0 Å². The van der Waals surface area contributed by atoms with Gasteiger partial charge in [-0.25, -0.2) is 0 Å². The van der Waals surface area contributed by atoms with Crippen molar-refractivity contribution in [1.82, 2.24) is 4.57 Å². The van der Waals surface area contributed by atoms with Crippen LogP contribution >= 0.6 is 0 Å². The predicted octanol–water partition coefficient (Wildman–Crippen LogP) is 1.22. The normalized spacial score (nSPS) is 11.9. The van der Waals surface area contributed by atoms with E-state index in [0.29, 0.717) is 5.92 Å². The van der Waals surface area contributed by atoms with Crippen molar-refractivity contribution in [3.8, 4) is 0 Å². The minimum atomic E-state index is -1.45. The summed E-state index contributed by atoms with van der Waals surface area (Å²) < 4.78 is 1.54. The molecule has 0 unspecified atom stereocenters. The molecule has 0 aromatic carbocycles. The van der Waals surface area contributed by atoms with Gasteiger partial charge in [0.05, 0.1) is 0 Å². The van der Waals surface area contributed by atoms with E-state index in [0.717, 1.165) is 5.56 Å². The van der Waals surface area contributed by atoms with Gasteiger partial charge in [-0.1, -0.05) is 33.8 Å². The molecule has 0 bridgehead atoms. The van der Waals surface area contributed by atoms with Crippen LogP contribution in [0.5, 0.6) is 0 Å². The summed E-state index contributed by atoms with van der Waals surface area (Å²) >= 11 is 0. The van der Waals surface area contributed by atoms with Gasteiger partial charge in [-0.3, -0.25) is 4.79 Å². The van der Waals surface area contributed by atoms with E-state index in [4.69, 9.17) is 0 Å². The molecule has 0 fully saturated rings. The van der Waals surface area contributed by atoms with Crippen LogP contribution in [0, 0.1) is 0 Å². The molecule has 0 saturated heterocycles. The van der Waals surface area contributed by atoms with Crippen LogP contribution in [-0.4, -0.2) is 21.7 Å². The van der Waals surface area contributed by atoms with E-state index in [2.05, 4.69) is 13.8 Å². The van der Waals surface area contributed by atoms with E-state index in [9.17, 15) is 14.8 Å². The molecule has 0 amide bonds. The zero-order valence-electron chi connectivity index (χ0n) is 10.8. The molecule has 0 spiro atoms. The quantitative estimate of drug-likeness (QED) is 0.774. The Bertz CT molecular complexity index is 438. The van der Waals surface area contributed by atoms with E-state index >= 15 is 0 Å². The zero-order chi connectivity index (χ0) is 13.2. The highest BCUT2D eigenvalue weighted by atomic mass is 16.4. The minimum absolute atomic E-state index is 0.122. The molecule has 0 aliphatic heterocycles. The lowest BCUT2D eigenvalue weighted by atomic mass is 9.60. The summed E-state index contributed by atoms with van der Waals surface area (Å²) in [7, 11) is -1.45. The van der Waals surface area contributed by atoms with Crippen LogP contribution < -0.4 is 5.56 Å². The van der Waals surface area contributed by atoms with Gasteiger partial charge in [0.15, 0.2) is 0 Å². The second kappa shape index (κ2) is 5.06. The highest BCUT2D eigenvalue weighted by Gasteiger charge is 2.32. The lowest BCUT2D eigenvalue weighted by molar-refractivity contribution is 0.332. The second-order valence-corrected chi connectivity index (χ2v) is 5.45. The number of pyridine rings is 1. The van der Waals surface area contributed by atoms with Gasteiger partial charge in [-0.15, -0.1) is 0 Å². The maximum Gasteiger partial charge on any atom is 0.459 e. The smallest absolute Gasteiger partial charge is 0.427 e. The molecule has 5 heteroatoms. The van der Waals surface area contributed by atoms with E-state index in [1.165, 1.54) is 10.6 Å². The Kier molecular flexibility index (Phi) is 4.17. The fraction of sp³-hybridized carbons (Fsp3) is 0.583. The fourth-order valence-corrected chi connectivity index (χ4v) is 1.54. The first kappa shape index (κ1) is 14.0. The SMILES string of the molecule is CC(C)c1ccc(=O)n(CC(C)(C)B(O)O)c1. The Morgan fingerprint density at radius 1 is 1.35 bits per heavy atom. The Morgan fingerprint density at radius 3 is 2.41 bits per heavy atom. The lowest BCUT2D eigenvalue weighted by Crippen LogP contribution is -2.35. The number of hydrogen-bond donors (Lipinski definition) is 2. The van der Waals surface area contributed by atoms with Crippen molar-refractivity contribution in [3.63, 3.8) is 0 Å². The van der Waals surface area contributed by atoms with E-state index in [-0.39, 0.29) is 12.1 Å². The van der Waals surface area contributed by atoms with Crippen molar-refractivity contribution in [2.45, 2.75) is 45.5 Å². The van der Waals surface area contributed by atoms with E-state index in [1.807, 2.05) is 6.07 Å². The summed E-state index contributed by atoms with van der Waals surface area (Å²) in [5.74, 6) is 0.337. The fourth-order valence-electron chi connectivity index (χ4n) is 1.54. The monoisotopic (exact) mass is 237 g/mol. The van der Waals surface area contributed by atoms with Gasteiger partial charge in [0.25, 0.3) is 5.56 Å². The molecule has 2 N–H and O–H groups in total. The van der Waals surface area contributed by atoms with Gasteiger partial charge in [-0.2, -0.15) is 0 Å². The Morgan fingerprint density at radius 2 is 1.94 bits per heavy atom. The molecule has 0 atom stereocenters. The third kappa shape index (κ3) is 3.44. The van der Waals surface area contributed by atoms with Crippen molar-refractivity contribution >= 4 is 7.12 Å². The molecule has 0 saturated carbocycles. The summed E-state index contributed by atoms with van der Waals surface area (Å²) in [4.78, 5) is 11.7. The minimum Gasteiger partial charge on any atom is -0.427 e. The molecule has 1 heterocycles. The molecule has 1 aromatic heterocycles. The topological polar surface area (TPSA) is 62.5 Å².